The summed E-state index contributed by atoms with van der Waals surface area (Å²) >= 11 is 0. The zero-order valence-electron chi connectivity index (χ0n) is 6.18. The number of benzene rings is 1. The first-order valence-electron chi connectivity index (χ1n) is 3.22. The number of para-hydroxylation sites is 1. The summed E-state index contributed by atoms with van der Waals surface area (Å²) in [6.45, 7) is 0. The van der Waals surface area contributed by atoms with Gasteiger partial charge in [0.25, 0.3) is 5.69 Å². The number of rotatable bonds is 2. The molecule has 0 radical (unpaired) electrons. The van der Waals surface area contributed by atoms with Crippen LogP contribution in [0.4, 0.5) is 5.69 Å². The van der Waals surface area contributed by atoms with Crippen molar-refractivity contribution in [2.75, 3.05) is 0 Å². The number of nitrogens with zero attached hydrogens (tertiary/aromatic N) is 2. The van der Waals surface area contributed by atoms with Crippen LogP contribution < -0.4 is 5.84 Å². The molecule has 0 aliphatic rings. The molecule has 0 aliphatic heterocycles. The van der Waals surface area contributed by atoms with E-state index in [-0.39, 0.29) is 5.69 Å². The number of nitro benzene ring substituents is 1. The van der Waals surface area contributed by atoms with Crippen LogP contribution in [0, 0.1) is 10.1 Å². The maximum Gasteiger partial charge on any atom is 0.278 e. The van der Waals surface area contributed by atoms with Crippen LogP contribution >= 0.6 is 0 Å². The molecule has 0 aromatic heterocycles. The molecule has 5 heteroatoms. The molecular formula is C7H7N3O2. The van der Waals surface area contributed by atoms with Crippen LogP contribution in [0.5, 0.6) is 0 Å². The number of hydrazone groups is 1. The highest BCUT2D eigenvalue weighted by Crippen LogP contribution is 2.14. The third-order valence-corrected chi connectivity index (χ3v) is 1.35. The fourth-order valence-corrected chi connectivity index (χ4v) is 0.843. The van der Waals surface area contributed by atoms with E-state index in [1.54, 1.807) is 18.2 Å². The zero-order chi connectivity index (χ0) is 8.97. The second-order valence-corrected chi connectivity index (χ2v) is 2.09. The van der Waals surface area contributed by atoms with Crippen LogP contribution in [0.3, 0.4) is 0 Å². The lowest BCUT2D eigenvalue weighted by Gasteiger charge is -1.93. The van der Waals surface area contributed by atoms with Gasteiger partial charge in [0.15, 0.2) is 0 Å². The summed E-state index contributed by atoms with van der Waals surface area (Å²) in [6, 6.07) is 6.25. The summed E-state index contributed by atoms with van der Waals surface area (Å²) in [4.78, 5) is 9.92. The Bertz CT molecular complexity index is 322. The Balaban J connectivity index is 3.17. The predicted octanol–water partition coefficient (Wildman–Crippen LogP) is 0.887. The van der Waals surface area contributed by atoms with E-state index in [0.717, 1.165) is 0 Å². The first kappa shape index (κ1) is 8.19. The molecule has 0 amide bonds. The Morgan fingerprint density at radius 3 is 2.75 bits per heavy atom. The van der Waals surface area contributed by atoms with Gasteiger partial charge in [-0.05, 0) is 6.07 Å². The van der Waals surface area contributed by atoms with Crippen LogP contribution in [0.2, 0.25) is 0 Å². The molecule has 0 spiro atoms. The molecule has 0 fully saturated rings. The van der Waals surface area contributed by atoms with Crippen molar-refractivity contribution in [3.63, 3.8) is 0 Å². The van der Waals surface area contributed by atoms with Gasteiger partial charge in [-0.3, -0.25) is 10.1 Å². The van der Waals surface area contributed by atoms with Gasteiger partial charge in [-0.1, -0.05) is 12.1 Å². The van der Waals surface area contributed by atoms with E-state index in [9.17, 15) is 10.1 Å². The van der Waals surface area contributed by atoms with E-state index in [1.165, 1.54) is 12.3 Å². The number of hydrogen-bond donors (Lipinski definition) is 1. The van der Waals surface area contributed by atoms with Gasteiger partial charge in [-0.15, -0.1) is 0 Å². The number of nitro groups is 1. The van der Waals surface area contributed by atoms with Crippen molar-refractivity contribution >= 4 is 11.9 Å². The molecule has 0 saturated heterocycles. The fraction of sp³-hybridized carbons (Fsp3) is 0. The zero-order valence-corrected chi connectivity index (χ0v) is 6.18. The lowest BCUT2D eigenvalue weighted by molar-refractivity contribution is -0.385. The molecule has 0 unspecified atom stereocenters. The smallest absolute Gasteiger partial charge is 0.278 e. The highest BCUT2D eigenvalue weighted by atomic mass is 16.6. The summed E-state index contributed by atoms with van der Waals surface area (Å²) in [5.74, 6) is 4.88. The first-order chi connectivity index (χ1) is 5.75. The number of nitrogens with two attached hydrogens (primary N) is 1. The summed E-state index contributed by atoms with van der Waals surface area (Å²) in [5.41, 5.74) is 0.414. The summed E-state index contributed by atoms with van der Waals surface area (Å²) in [5, 5.41) is 13.6. The molecule has 0 heterocycles. The van der Waals surface area contributed by atoms with Crippen LogP contribution in [0.1, 0.15) is 5.56 Å². The largest absolute Gasteiger partial charge is 0.323 e. The van der Waals surface area contributed by atoms with Crippen LogP contribution in [-0.2, 0) is 0 Å². The fourth-order valence-electron chi connectivity index (χ4n) is 0.843. The van der Waals surface area contributed by atoms with E-state index in [4.69, 9.17) is 5.84 Å². The van der Waals surface area contributed by atoms with Crippen LogP contribution in [0.25, 0.3) is 0 Å². The summed E-state index contributed by atoms with van der Waals surface area (Å²) in [7, 11) is 0. The Kier molecular flexibility index (Phi) is 2.37. The average molecular weight is 165 g/mol. The van der Waals surface area contributed by atoms with Gasteiger partial charge in [-0.25, -0.2) is 0 Å². The Morgan fingerprint density at radius 2 is 2.17 bits per heavy atom. The molecule has 12 heavy (non-hydrogen) atoms. The van der Waals surface area contributed by atoms with Gasteiger partial charge in [0.1, 0.15) is 0 Å². The Labute approximate surface area is 68.7 Å². The molecule has 1 rings (SSSR count). The van der Waals surface area contributed by atoms with Crippen molar-refractivity contribution in [3.8, 4) is 0 Å². The van der Waals surface area contributed by atoms with Crippen molar-refractivity contribution < 1.29 is 4.92 Å². The molecule has 1 aromatic carbocycles. The predicted molar refractivity (Wildman–Crippen MR) is 44.9 cm³/mol. The van der Waals surface area contributed by atoms with E-state index in [0.29, 0.717) is 5.56 Å². The van der Waals surface area contributed by atoms with Crippen molar-refractivity contribution in [2.24, 2.45) is 10.9 Å². The molecule has 0 bridgehead atoms. The van der Waals surface area contributed by atoms with E-state index in [1.807, 2.05) is 0 Å². The average Bonchev–Trinajstić information content (AvgIpc) is 2.05. The monoisotopic (exact) mass is 165 g/mol. The van der Waals surface area contributed by atoms with E-state index in [2.05, 4.69) is 5.10 Å². The molecule has 2 N–H and O–H groups in total. The number of hydrogen-bond acceptors (Lipinski definition) is 4. The maximum absolute atomic E-state index is 10.4. The SMILES string of the molecule is N/N=C/c1ccccc1[N+](=O)[O-]. The third kappa shape index (κ3) is 1.57. The Morgan fingerprint density at radius 1 is 1.50 bits per heavy atom. The first-order valence-corrected chi connectivity index (χ1v) is 3.22. The van der Waals surface area contributed by atoms with Gasteiger partial charge < -0.3 is 5.84 Å². The summed E-state index contributed by atoms with van der Waals surface area (Å²) in [6.07, 6.45) is 1.25. The molecule has 62 valence electrons. The third-order valence-electron chi connectivity index (χ3n) is 1.35. The minimum atomic E-state index is -0.475. The lowest BCUT2D eigenvalue weighted by atomic mass is 10.2. The molecule has 1 aromatic rings. The Hall–Kier alpha value is -1.91. The molecule has 0 saturated carbocycles. The van der Waals surface area contributed by atoms with Crippen molar-refractivity contribution in [2.45, 2.75) is 0 Å². The van der Waals surface area contributed by atoms with Gasteiger partial charge in [0.05, 0.1) is 16.7 Å². The normalized spacial score (nSPS) is 10.3. The second kappa shape index (κ2) is 3.47. The highest BCUT2D eigenvalue weighted by molar-refractivity contribution is 5.84. The van der Waals surface area contributed by atoms with Gasteiger partial charge in [0.2, 0.25) is 0 Å². The molecule has 0 atom stereocenters. The van der Waals surface area contributed by atoms with Crippen molar-refractivity contribution in [1.82, 2.24) is 0 Å². The van der Waals surface area contributed by atoms with Crippen LogP contribution in [0.15, 0.2) is 29.4 Å². The lowest BCUT2D eigenvalue weighted by Crippen LogP contribution is -1.94. The van der Waals surface area contributed by atoms with E-state index >= 15 is 0 Å². The van der Waals surface area contributed by atoms with Crippen molar-refractivity contribution in [1.29, 1.82) is 0 Å². The van der Waals surface area contributed by atoms with E-state index < -0.39 is 4.92 Å². The summed E-state index contributed by atoms with van der Waals surface area (Å²) < 4.78 is 0. The topological polar surface area (TPSA) is 81.5 Å². The molecular weight excluding hydrogens is 158 g/mol. The minimum absolute atomic E-state index is 0.00620. The molecule has 5 nitrogen and oxygen atoms in total. The standard InChI is InChI=1S/C7H7N3O2/c8-9-5-6-3-1-2-4-7(6)10(11)12/h1-5H,8H2/b9-5+. The maximum atomic E-state index is 10.4. The van der Waals surface area contributed by atoms with Gasteiger partial charge >= 0.3 is 0 Å². The van der Waals surface area contributed by atoms with Crippen molar-refractivity contribution in [3.05, 3.63) is 39.9 Å². The minimum Gasteiger partial charge on any atom is -0.323 e. The van der Waals surface area contributed by atoms with Gasteiger partial charge in [0, 0.05) is 6.07 Å². The molecule has 0 aliphatic carbocycles. The quantitative estimate of drug-likeness (QED) is 0.305. The van der Waals surface area contributed by atoms with Crippen LogP contribution in [-0.4, -0.2) is 11.1 Å². The van der Waals surface area contributed by atoms with Gasteiger partial charge in [-0.2, -0.15) is 5.10 Å². The second-order valence-electron chi connectivity index (χ2n) is 2.09. The highest BCUT2D eigenvalue weighted by Gasteiger charge is 2.09.